The Balaban J connectivity index is 2.51. The average molecular weight is 204 g/mol. The van der Waals surface area contributed by atoms with E-state index in [2.05, 4.69) is 9.97 Å². The van der Waals surface area contributed by atoms with E-state index in [9.17, 15) is 4.79 Å². The first kappa shape index (κ1) is 9.71. The minimum Gasteiger partial charge on any atom is -0.481 e. The number of hydrogen-bond acceptors (Lipinski definition) is 2. The first-order valence-corrected chi connectivity index (χ1v) is 4.77. The number of benzene rings is 1. The number of aromatic amines is 1. The molecule has 0 radical (unpaired) electrons. The number of aromatic nitrogens is 2. The predicted octanol–water partition coefficient (Wildman–Crippen LogP) is 2.06. The topological polar surface area (TPSA) is 66.0 Å². The van der Waals surface area contributed by atoms with Crippen LogP contribution >= 0.6 is 0 Å². The summed E-state index contributed by atoms with van der Waals surface area (Å²) in [6.45, 7) is 3.60. The van der Waals surface area contributed by atoms with E-state index in [0.717, 1.165) is 16.6 Å². The minimum atomic E-state index is -0.870. The van der Waals surface area contributed by atoms with Crippen LogP contribution in [0.25, 0.3) is 11.0 Å². The normalized spacial score (nSPS) is 12.9. The molecule has 0 bridgehead atoms. The van der Waals surface area contributed by atoms with Crippen molar-refractivity contribution in [2.24, 2.45) is 0 Å². The predicted molar refractivity (Wildman–Crippen MR) is 56.9 cm³/mol. The van der Waals surface area contributed by atoms with E-state index in [1.54, 1.807) is 6.92 Å². The summed E-state index contributed by atoms with van der Waals surface area (Å²) in [5.74, 6) is -0.966. The van der Waals surface area contributed by atoms with E-state index in [-0.39, 0.29) is 0 Å². The summed E-state index contributed by atoms with van der Waals surface area (Å²) in [7, 11) is 0. The van der Waals surface area contributed by atoms with Gasteiger partial charge in [-0.25, -0.2) is 4.98 Å². The molecule has 1 heterocycles. The Morgan fingerprint density at radius 1 is 1.53 bits per heavy atom. The molecule has 15 heavy (non-hydrogen) atoms. The fourth-order valence-corrected chi connectivity index (χ4v) is 1.47. The molecule has 1 unspecified atom stereocenters. The third kappa shape index (κ3) is 1.70. The summed E-state index contributed by atoms with van der Waals surface area (Å²) in [4.78, 5) is 18.0. The lowest BCUT2D eigenvalue weighted by Crippen LogP contribution is -2.08. The summed E-state index contributed by atoms with van der Waals surface area (Å²) in [5, 5.41) is 8.86. The fraction of sp³-hybridized carbons (Fsp3) is 0.273. The molecule has 4 nitrogen and oxygen atoms in total. The van der Waals surface area contributed by atoms with E-state index in [1.807, 2.05) is 25.1 Å². The zero-order valence-electron chi connectivity index (χ0n) is 8.61. The van der Waals surface area contributed by atoms with Gasteiger partial charge in [0.2, 0.25) is 0 Å². The molecule has 0 saturated heterocycles. The molecule has 0 saturated carbocycles. The number of carboxylic acid groups (broad SMARTS) is 1. The van der Waals surface area contributed by atoms with Crippen LogP contribution < -0.4 is 0 Å². The first-order valence-electron chi connectivity index (χ1n) is 4.77. The Morgan fingerprint density at radius 2 is 2.27 bits per heavy atom. The lowest BCUT2D eigenvalue weighted by Gasteiger charge is -1.99. The number of rotatable bonds is 2. The smallest absolute Gasteiger partial charge is 0.313 e. The van der Waals surface area contributed by atoms with Crippen molar-refractivity contribution in [3.05, 3.63) is 29.6 Å². The second kappa shape index (κ2) is 3.38. The Hall–Kier alpha value is -1.84. The summed E-state index contributed by atoms with van der Waals surface area (Å²) in [5.41, 5.74) is 2.82. The number of imidazole rings is 1. The number of carboxylic acids is 1. The van der Waals surface area contributed by atoms with Crippen LogP contribution in [0.3, 0.4) is 0 Å². The van der Waals surface area contributed by atoms with Gasteiger partial charge < -0.3 is 10.1 Å². The number of hydrogen-bond donors (Lipinski definition) is 2. The Labute approximate surface area is 87.0 Å². The van der Waals surface area contributed by atoms with E-state index in [0.29, 0.717) is 5.82 Å². The lowest BCUT2D eigenvalue weighted by atomic mass is 10.2. The number of H-pyrrole nitrogens is 1. The number of aryl methyl sites for hydroxylation is 1. The highest BCUT2D eigenvalue weighted by atomic mass is 16.4. The molecular weight excluding hydrogens is 192 g/mol. The van der Waals surface area contributed by atoms with E-state index < -0.39 is 11.9 Å². The van der Waals surface area contributed by atoms with Crippen molar-refractivity contribution in [3.8, 4) is 0 Å². The van der Waals surface area contributed by atoms with Gasteiger partial charge in [0.25, 0.3) is 0 Å². The van der Waals surface area contributed by atoms with Gasteiger partial charge in [-0.15, -0.1) is 0 Å². The highest BCUT2D eigenvalue weighted by Gasteiger charge is 2.17. The number of nitrogens with zero attached hydrogens (tertiary/aromatic N) is 1. The molecule has 2 rings (SSSR count). The zero-order valence-corrected chi connectivity index (χ0v) is 8.61. The number of carbonyl (C=O) groups is 1. The molecule has 2 aromatic rings. The monoisotopic (exact) mass is 204 g/mol. The molecule has 1 aromatic heterocycles. The van der Waals surface area contributed by atoms with Gasteiger partial charge in [-0.3, -0.25) is 4.79 Å². The van der Waals surface area contributed by atoms with Crippen molar-refractivity contribution in [1.29, 1.82) is 0 Å². The molecular formula is C11H12N2O2. The molecule has 0 aliphatic rings. The van der Waals surface area contributed by atoms with Crippen LogP contribution in [-0.2, 0) is 4.79 Å². The number of fused-ring (bicyclic) bond motifs is 1. The first-order chi connectivity index (χ1) is 7.08. The van der Waals surface area contributed by atoms with Crippen LogP contribution in [0.15, 0.2) is 18.2 Å². The van der Waals surface area contributed by atoms with E-state index in [1.165, 1.54) is 0 Å². The summed E-state index contributed by atoms with van der Waals surface area (Å²) in [6.07, 6.45) is 0. The highest BCUT2D eigenvalue weighted by Crippen LogP contribution is 2.18. The molecule has 0 spiro atoms. The van der Waals surface area contributed by atoms with Crippen LogP contribution in [0, 0.1) is 6.92 Å². The summed E-state index contributed by atoms with van der Waals surface area (Å²) >= 11 is 0. The van der Waals surface area contributed by atoms with E-state index >= 15 is 0 Å². The fourth-order valence-electron chi connectivity index (χ4n) is 1.47. The van der Waals surface area contributed by atoms with Crippen LogP contribution in [0.1, 0.15) is 24.2 Å². The molecule has 0 aliphatic carbocycles. The molecule has 0 aliphatic heterocycles. The van der Waals surface area contributed by atoms with Crippen LogP contribution in [0.2, 0.25) is 0 Å². The van der Waals surface area contributed by atoms with Gasteiger partial charge in [0.15, 0.2) is 0 Å². The van der Waals surface area contributed by atoms with Crippen molar-refractivity contribution in [2.45, 2.75) is 19.8 Å². The molecule has 1 aromatic carbocycles. The molecule has 0 amide bonds. The van der Waals surface area contributed by atoms with Crippen molar-refractivity contribution in [3.63, 3.8) is 0 Å². The molecule has 4 heteroatoms. The second-order valence-electron chi connectivity index (χ2n) is 3.70. The maximum Gasteiger partial charge on any atom is 0.313 e. The molecule has 0 fully saturated rings. The largest absolute Gasteiger partial charge is 0.481 e. The van der Waals surface area contributed by atoms with Crippen molar-refractivity contribution < 1.29 is 9.90 Å². The average Bonchev–Trinajstić information content (AvgIpc) is 2.58. The molecule has 2 N–H and O–H groups in total. The SMILES string of the molecule is Cc1ccc2nc(C(C)C(=O)O)[nH]c2c1. The van der Waals surface area contributed by atoms with Crippen molar-refractivity contribution in [2.75, 3.05) is 0 Å². The quantitative estimate of drug-likeness (QED) is 0.786. The van der Waals surface area contributed by atoms with Crippen molar-refractivity contribution in [1.82, 2.24) is 9.97 Å². The number of aliphatic carboxylic acids is 1. The van der Waals surface area contributed by atoms with Gasteiger partial charge in [0.05, 0.1) is 11.0 Å². The lowest BCUT2D eigenvalue weighted by molar-refractivity contribution is -0.138. The summed E-state index contributed by atoms with van der Waals surface area (Å²) < 4.78 is 0. The Morgan fingerprint density at radius 3 is 2.93 bits per heavy atom. The van der Waals surface area contributed by atoms with Gasteiger partial charge in [0, 0.05) is 0 Å². The highest BCUT2D eigenvalue weighted by molar-refractivity contribution is 5.79. The summed E-state index contributed by atoms with van der Waals surface area (Å²) in [6, 6.07) is 5.80. The third-order valence-corrected chi connectivity index (χ3v) is 2.44. The molecule has 1 atom stereocenters. The van der Waals surface area contributed by atoms with Gasteiger partial charge >= 0.3 is 5.97 Å². The molecule has 78 valence electrons. The van der Waals surface area contributed by atoms with Crippen molar-refractivity contribution >= 4 is 17.0 Å². The van der Waals surface area contributed by atoms with Gasteiger partial charge in [-0.2, -0.15) is 0 Å². The zero-order chi connectivity index (χ0) is 11.0. The van der Waals surface area contributed by atoms with Gasteiger partial charge in [-0.1, -0.05) is 6.07 Å². The minimum absolute atomic E-state index is 0.503. The Bertz CT molecular complexity index is 516. The maximum atomic E-state index is 10.8. The number of nitrogens with one attached hydrogen (secondary N) is 1. The maximum absolute atomic E-state index is 10.8. The second-order valence-corrected chi connectivity index (χ2v) is 3.70. The van der Waals surface area contributed by atoms with Crippen LogP contribution in [-0.4, -0.2) is 21.0 Å². The van der Waals surface area contributed by atoms with Gasteiger partial charge in [0.1, 0.15) is 11.7 Å². The van der Waals surface area contributed by atoms with Gasteiger partial charge in [-0.05, 0) is 31.5 Å². The van der Waals surface area contributed by atoms with E-state index in [4.69, 9.17) is 5.11 Å². The Kier molecular flexibility index (Phi) is 2.19. The standard InChI is InChI=1S/C11H12N2O2/c1-6-3-4-8-9(5-6)13-10(12-8)7(2)11(14)15/h3-5,7H,1-2H3,(H,12,13)(H,14,15). The third-order valence-electron chi connectivity index (χ3n) is 2.44. The van der Waals surface area contributed by atoms with Crippen LogP contribution in [0.5, 0.6) is 0 Å². The van der Waals surface area contributed by atoms with Crippen LogP contribution in [0.4, 0.5) is 0 Å².